The van der Waals surface area contributed by atoms with Crippen molar-refractivity contribution >= 4 is 17.4 Å². The lowest BCUT2D eigenvalue weighted by atomic mass is 9.95. The highest BCUT2D eigenvalue weighted by Crippen LogP contribution is 2.39. The fraction of sp³-hybridized carbons (Fsp3) is 0.300. The standard InChI is InChI=1S/C30H32N2O4/c1-2-3-4-8-21-36-25-13-11-23(12-14-25)27-26(28(33)24-15-18-31-19-16-24)29(34)30(35)32(27)20-17-22-9-6-5-7-10-22/h5-7,9-16,18-19,27,33H,2-4,8,17,20-21H2,1H3/b28-26+. The van der Waals surface area contributed by atoms with Gasteiger partial charge in [-0.05, 0) is 48.2 Å². The number of Topliss-reactive ketones (excluding diaryl/α,β-unsaturated/α-hetero) is 1. The van der Waals surface area contributed by atoms with Crippen molar-refractivity contribution in [2.24, 2.45) is 0 Å². The summed E-state index contributed by atoms with van der Waals surface area (Å²) in [6.45, 7) is 3.18. The topological polar surface area (TPSA) is 79.7 Å². The van der Waals surface area contributed by atoms with E-state index in [1.165, 1.54) is 12.8 Å². The summed E-state index contributed by atoms with van der Waals surface area (Å²) >= 11 is 0. The van der Waals surface area contributed by atoms with Gasteiger partial charge in [0.05, 0.1) is 18.2 Å². The first-order valence-electron chi connectivity index (χ1n) is 12.6. The van der Waals surface area contributed by atoms with Crippen molar-refractivity contribution in [2.45, 2.75) is 45.1 Å². The molecule has 6 heteroatoms. The number of aliphatic hydroxyl groups is 1. The summed E-state index contributed by atoms with van der Waals surface area (Å²) in [5.74, 6) is -0.744. The third-order valence-electron chi connectivity index (χ3n) is 6.44. The Morgan fingerprint density at radius 3 is 2.36 bits per heavy atom. The second-order valence-electron chi connectivity index (χ2n) is 8.94. The Kier molecular flexibility index (Phi) is 8.50. The largest absolute Gasteiger partial charge is 0.507 e. The van der Waals surface area contributed by atoms with Crippen LogP contribution in [-0.4, -0.2) is 39.8 Å². The number of pyridine rings is 1. The number of ketones is 1. The van der Waals surface area contributed by atoms with Gasteiger partial charge in [0, 0.05) is 24.5 Å². The van der Waals surface area contributed by atoms with E-state index in [9.17, 15) is 14.7 Å². The molecule has 0 aliphatic carbocycles. The Morgan fingerprint density at radius 1 is 0.944 bits per heavy atom. The molecule has 1 aromatic heterocycles. The summed E-state index contributed by atoms with van der Waals surface area (Å²) in [7, 11) is 0. The van der Waals surface area contributed by atoms with E-state index in [4.69, 9.17) is 4.74 Å². The van der Waals surface area contributed by atoms with Crippen molar-refractivity contribution in [3.05, 3.63) is 101 Å². The minimum Gasteiger partial charge on any atom is -0.507 e. The van der Waals surface area contributed by atoms with Crippen molar-refractivity contribution < 1.29 is 19.4 Å². The van der Waals surface area contributed by atoms with Crippen molar-refractivity contribution in [3.8, 4) is 5.75 Å². The summed E-state index contributed by atoms with van der Waals surface area (Å²) in [4.78, 5) is 31.9. The summed E-state index contributed by atoms with van der Waals surface area (Å²) in [6.07, 6.45) is 8.20. The highest BCUT2D eigenvalue weighted by molar-refractivity contribution is 6.46. The zero-order chi connectivity index (χ0) is 25.3. The molecule has 2 heterocycles. The average Bonchev–Trinajstić information content (AvgIpc) is 3.17. The van der Waals surface area contributed by atoms with Crippen LogP contribution in [0.2, 0.25) is 0 Å². The molecular weight excluding hydrogens is 452 g/mol. The molecule has 1 amide bonds. The number of aliphatic hydroxyl groups excluding tert-OH is 1. The van der Waals surface area contributed by atoms with Crippen LogP contribution in [0.3, 0.4) is 0 Å². The second kappa shape index (κ2) is 12.2. The zero-order valence-electron chi connectivity index (χ0n) is 20.6. The number of amides is 1. The summed E-state index contributed by atoms with van der Waals surface area (Å²) in [5, 5.41) is 11.1. The molecule has 4 rings (SSSR count). The van der Waals surface area contributed by atoms with E-state index in [1.807, 2.05) is 54.6 Å². The van der Waals surface area contributed by atoms with Crippen LogP contribution < -0.4 is 4.74 Å². The van der Waals surface area contributed by atoms with E-state index in [0.717, 1.165) is 29.7 Å². The Labute approximate surface area is 212 Å². The van der Waals surface area contributed by atoms with Crippen LogP contribution in [0, 0.1) is 0 Å². The monoisotopic (exact) mass is 484 g/mol. The van der Waals surface area contributed by atoms with Crippen LogP contribution in [0.15, 0.2) is 84.7 Å². The molecule has 2 aromatic carbocycles. The quantitative estimate of drug-likeness (QED) is 0.163. The number of carbonyl (C=O) groups excluding carboxylic acids is 2. The molecular formula is C30H32N2O4. The number of likely N-dealkylation sites (tertiary alicyclic amines) is 1. The van der Waals surface area contributed by atoms with Gasteiger partial charge in [-0.25, -0.2) is 0 Å². The molecule has 1 N–H and O–H groups in total. The Hall–Kier alpha value is -3.93. The zero-order valence-corrected chi connectivity index (χ0v) is 20.6. The maximum atomic E-state index is 13.2. The second-order valence-corrected chi connectivity index (χ2v) is 8.94. The number of hydrogen-bond acceptors (Lipinski definition) is 5. The fourth-order valence-corrected chi connectivity index (χ4v) is 4.48. The first-order valence-corrected chi connectivity index (χ1v) is 12.6. The number of ether oxygens (including phenoxy) is 1. The minimum atomic E-state index is -0.694. The van der Waals surface area contributed by atoms with Gasteiger partial charge in [0.2, 0.25) is 0 Å². The molecule has 3 aromatic rings. The lowest BCUT2D eigenvalue weighted by Crippen LogP contribution is -2.31. The van der Waals surface area contributed by atoms with Gasteiger partial charge in [-0.3, -0.25) is 14.6 Å². The molecule has 1 aliphatic rings. The van der Waals surface area contributed by atoms with Crippen LogP contribution in [-0.2, 0) is 16.0 Å². The molecule has 1 aliphatic heterocycles. The first kappa shape index (κ1) is 25.2. The van der Waals surface area contributed by atoms with Crippen LogP contribution in [0.5, 0.6) is 5.75 Å². The van der Waals surface area contributed by atoms with E-state index in [0.29, 0.717) is 25.1 Å². The van der Waals surface area contributed by atoms with Gasteiger partial charge in [-0.1, -0.05) is 68.7 Å². The van der Waals surface area contributed by atoms with Crippen molar-refractivity contribution in [1.29, 1.82) is 0 Å². The molecule has 6 nitrogen and oxygen atoms in total. The van der Waals surface area contributed by atoms with Crippen molar-refractivity contribution in [1.82, 2.24) is 9.88 Å². The van der Waals surface area contributed by atoms with Gasteiger partial charge >= 0.3 is 0 Å². The maximum Gasteiger partial charge on any atom is 0.295 e. The van der Waals surface area contributed by atoms with Gasteiger partial charge in [0.15, 0.2) is 0 Å². The number of rotatable bonds is 11. The number of benzene rings is 2. The van der Waals surface area contributed by atoms with Crippen LogP contribution >= 0.6 is 0 Å². The van der Waals surface area contributed by atoms with Gasteiger partial charge < -0.3 is 14.7 Å². The van der Waals surface area contributed by atoms with Crippen molar-refractivity contribution in [2.75, 3.05) is 13.2 Å². The molecule has 1 unspecified atom stereocenters. The van der Waals surface area contributed by atoms with E-state index < -0.39 is 17.7 Å². The summed E-state index contributed by atoms with van der Waals surface area (Å²) in [6, 6.07) is 19.8. The highest BCUT2D eigenvalue weighted by Gasteiger charge is 2.45. The SMILES string of the molecule is CCCCCCOc1ccc(C2/C(=C(\O)c3ccncc3)C(=O)C(=O)N2CCc2ccccc2)cc1. The maximum absolute atomic E-state index is 13.2. The van der Waals surface area contributed by atoms with E-state index >= 15 is 0 Å². The lowest BCUT2D eigenvalue weighted by Gasteiger charge is -2.25. The molecule has 36 heavy (non-hydrogen) atoms. The lowest BCUT2D eigenvalue weighted by molar-refractivity contribution is -0.139. The highest BCUT2D eigenvalue weighted by atomic mass is 16.5. The Bertz CT molecular complexity index is 1190. The van der Waals surface area contributed by atoms with Gasteiger partial charge in [0.1, 0.15) is 11.5 Å². The minimum absolute atomic E-state index is 0.0903. The normalized spacial score (nSPS) is 16.9. The first-order chi connectivity index (χ1) is 17.6. The third-order valence-corrected chi connectivity index (χ3v) is 6.44. The number of unbranched alkanes of at least 4 members (excludes halogenated alkanes) is 3. The molecule has 0 radical (unpaired) electrons. The van der Waals surface area contributed by atoms with Gasteiger partial charge in [-0.2, -0.15) is 0 Å². The number of aromatic nitrogens is 1. The number of nitrogens with zero attached hydrogens (tertiary/aromatic N) is 2. The number of hydrogen-bond donors (Lipinski definition) is 1. The third kappa shape index (κ3) is 5.82. The molecule has 1 fully saturated rings. The molecule has 0 saturated carbocycles. The molecule has 0 spiro atoms. The predicted molar refractivity (Wildman–Crippen MR) is 139 cm³/mol. The van der Waals surface area contributed by atoms with Crippen LogP contribution in [0.1, 0.15) is 55.3 Å². The van der Waals surface area contributed by atoms with E-state index in [2.05, 4.69) is 11.9 Å². The predicted octanol–water partition coefficient (Wildman–Crippen LogP) is 5.71. The van der Waals surface area contributed by atoms with E-state index in [-0.39, 0.29) is 11.3 Å². The van der Waals surface area contributed by atoms with Crippen LogP contribution in [0.25, 0.3) is 5.76 Å². The van der Waals surface area contributed by atoms with Crippen LogP contribution in [0.4, 0.5) is 0 Å². The number of carbonyl (C=O) groups is 2. The molecule has 1 saturated heterocycles. The van der Waals surface area contributed by atoms with Crippen molar-refractivity contribution in [3.63, 3.8) is 0 Å². The van der Waals surface area contributed by atoms with Gasteiger partial charge in [0.25, 0.3) is 11.7 Å². The van der Waals surface area contributed by atoms with E-state index in [1.54, 1.807) is 29.4 Å². The van der Waals surface area contributed by atoms with Gasteiger partial charge in [-0.15, -0.1) is 0 Å². The Morgan fingerprint density at radius 2 is 1.67 bits per heavy atom. The Balaban J connectivity index is 1.63. The molecule has 1 atom stereocenters. The average molecular weight is 485 g/mol. The fourth-order valence-electron chi connectivity index (χ4n) is 4.48. The summed E-state index contributed by atoms with van der Waals surface area (Å²) < 4.78 is 5.87. The molecule has 0 bridgehead atoms. The smallest absolute Gasteiger partial charge is 0.295 e. The summed E-state index contributed by atoms with van der Waals surface area (Å²) in [5.41, 5.74) is 2.35. The molecule has 186 valence electrons.